The van der Waals surface area contributed by atoms with Crippen molar-refractivity contribution >= 4 is 26.7 Å². The highest BCUT2D eigenvalue weighted by molar-refractivity contribution is 7.91. The van der Waals surface area contributed by atoms with Crippen LogP contribution >= 0.6 is 0 Å². The zero-order valence-electron chi connectivity index (χ0n) is 14.5. The molecule has 2 aromatic carbocycles. The summed E-state index contributed by atoms with van der Waals surface area (Å²) in [5.74, 6) is 0.437. The van der Waals surface area contributed by atoms with Crippen molar-refractivity contribution in [3.8, 4) is 0 Å². The lowest BCUT2D eigenvalue weighted by molar-refractivity contribution is 0.572. The molecule has 1 fully saturated rings. The summed E-state index contributed by atoms with van der Waals surface area (Å²) in [5.41, 5.74) is 2.17. The lowest BCUT2D eigenvalue weighted by Crippen LogP contribution is -2.44. The number of nitrogens with one attached hydrogen (secondary N) is 1. The summed E-state index contributed by atoms with van der Waals surface area (Å²) in [4.78, 5) is 11.4. The Kier molecular flexibility index (Phi) is 4.34. The van der Waals surface area contributed by atoms with Crippen molar-refractivity contribution < 1.29 is 8.42 Å². The van der Waals surface area contributed by atoms with Crippen LogP contribution in [0.2, 0.25) is 0 Å². The zero-order valence-corrected chi connectivity index (χ0v) is 15.3. The minimum absolute atomic E-state index is 0.0312. The Morgan fingerprint density at radius 2 is 1.65 bits per heavy atom. The summed E-state index contributed by atoms with van der Waals surface area (Å²) in [5, 5.41) is 3.31. The second-order valence-corrected chi connectivity index (χ2v) is 8.26. The topological polar surface area (TPSA) is 75.2 Å². The van der Waals surface area contributed by atoms with Crippen molar-refractivity contribution in [3.05, 3.63) is 54.1 Å². The first-order chi connectivity index (χ1) is 12.6. The number of nitrogens with zero attached hydrogens (tertiary/aromatic N) is 3. The van der Waals surface area contributed by atoms with Crippen LogP contribution in [0.15, 0.2) is 58.5 Å². The largest absolute Gasteiger partial charge is 0.352 e. The maximum atomic E-state index is 13.3. The number of aromatic nitrogens is 2. The van der Waals surface area contributed by atoms with Crippen LogP contribution < -0.4 is 10.2 Å². The predicted octanol–water partition coefficient (Wildman–Crippen LogP) is 2.18. The van der Waals surface area contributed by atoms with E-state index >= 15 is 0 Å². The van der Waals surface area contributed by atoms with Gasteiger partial charge >= 0.3 is 0 Å². The number of rotatable bonds is 3. The molecule has 1 aliphatic rings. The molecule has 3 aromatic rings. The van der Waals surface area contributed by atoms with Gasteiger partial charge in [-0.05, 0) is 36.8 Å². The Hall–Kier alpha value is -2.51. The van der Waals surface area contributed by atoms with Gasteiger partial charge in [0.2, 0.25) is 14.9 Å². The van der Waals surface area contributed by atoms with E-state index in [1.165, 1.54) is 0 Å². The normalized spacial score (nSPS) is 15.3. The summed E-state index contributed by atoms with van der Waals surface area (Å²) < 4.78 is 26.7. The molecule has 1 N–H and O–H groups in total. The molecule has 0 spiro atoms. The number of hydrogen-bond acceptors (Lipinski definition) is 6. The number of hydrogen-bond donors (Lipinski definition) is 1. The van der Waals surface area contributed by atoms with Crippen LogP contribution in [0, 0.1) is 6.92 Å². The molecule has 4 rings (SSSR count). The van der Waals surface area contributed by atoms with Gasteiger partial charge in [-0.2, -0.15) is 0 Å². The van der Waals surface area contributed by atoms with E-state index in [9.17, 15) is 8.42 Å². The third-order valence-electron chi connectivity index (χ3n) is 4.49. The van der Waals surface area contributed by atoms with Crippen LogP contribution in [0.1, 0.15) is 5.56 Å². The number of aryl methyl sites for hydroxylation is 1. The molecular formula is C19H20N4O2S. The molecule has 134 valence electrons. The van der Waals surface area contributed by atoms with E-state index in [-0.39, 0.29) is 9.92 Å². The fraction of sp³-hybridized carbons (Fsp3) is 0.263. The first kappa shape index (κ1) is 16.9. The van der Waals surface area contributed by atoms with Crippen molar-refractivity contribution in [3.63, 3.8) is 0 Å². The number of sulfone groups is 1. The summed E-state index contributed by atoms with van der Waals surface area (Å²) in [7, 11) is -3.77. The molecule has 2 heterocycles. The standard InChI is InChI=1S/C19H20N4O2S/c1-14-5-4-6-15(13-14)26(24,25)19-18(23-11-9-20-10-12-23)21-16-7-2-3-8-17(16)22-19/h2-8,13,20H,9-12H2,1H3. The minimum atomic E-state index is -3.77. The number of fused-ring (bicyclic) bond motifs is 1. The molecule has 0 amide bonds. The molecule has 0 saturated carbocycles. The molecule has 6 nitrogen and oxygen atoms in total. The molecule has 7 heteroatoms. The number of anilines is 1. The Bertz CT molecular complexity index is 1060. The Labute approximate surface area is 152 Å². The van der Waals surface area contributed by atoms with Crippen molar-refractivity contribution in [2.24, 2.45) is 0 Å². The van der Waals surface area contributed by atoms with Gasteiger partial charge in [0.05, 0.1) is 15.9 Å². The van der Waals surface area contributed by atoms with Crippen molar-refractivity contribution in [1.29, 1.82) is 0 Å². The summed E-state index contributed by atoms with van der Waals surface area (Å²) in [6.45, 7) is 4.85. The van der Waals surface area contributed by atoms with Crippen LogP contribution in [0.4, 0.5) is 5.82 Å². The smallest absolute Gasteiger partial charge is 0.227 e. The highest BCUT2D eigenvalue weighted by atomic mass is 32.2. The van der Waals surface area contributed by atoms with Gasteiger partial charge < -0.3 is 10.2 Å². The van der Waals surface area contributed by atoms with E-state index in [1.54, 1.807) is 24.3 Å². The van der Waals surface area contributed by atoms with E-state index in [0.717, 1.165) is 18.7 Å². The van der Waals surface area contributed by atoms with Crippen LogP contribution in [0.5, 0.6) is 0 Å². The number of piperazine rings is 1. The van der Waals surface area contributed by atoms with E-state index in [4.69, 9.17) is 0 Å². The maximum absolute atomic E-state index is 13.3. The summed E-state index contributed by atoms with van der Waals surface area (Å²) in [6.07, 6.45) is 0. The SMILES string of the molecule is Cc1cccc(S(=O)(=O)c2nc3ccccc3nc2N2CCNCC2)c1. The fourth-order valence-corrected chi connectivity index (χ4v) is 4.59. The number of benzene rings is 2. The maximum Gasteiger partial charge on any atom is 0.227 e. The van der Waals surface area contributed by atoms with Gasteiger partial charge in [0.1, 0.15) is 0 Å². The third kappa shape index (κ3) is 3.04. The van der Waals surface area contributed by atoms with Gasteiger partial charge in [-0.1, -0.05) is 24.3 Å². The van der Waals surface area contributed by atoms with Crippen molar-refractivity contribution in [1.82, 2.24) is 15.3 Å². The first-order valence-corrected chi connectivity index (χ1v) is 10.1. The fourth-order valence-electron chi connectivity index (χ4n) is 3.13. The molecule has 0 radical (unpaired) electrons. The monoisotopic (exact) mass is 368 g/mol. The van der Waals surface area contributed by atoms with Crippen LogP contribution in [0.25, 0.3) is 11.0 Å². The molecule has 0 atom stereocenters. The lowest BCUT2D eigenvalue weighted by Gasteiger charge is -2.29. The average Bonchev–Trinajstić information content (AvgIpc) is 2.67. The van der Waals surface area contributed by atoms with Crippen molar-refractivity contribution in [2.75, 3.05) is 31.1 Å². The van der Waals surface area contributed by atoms with E-state index < -0.39 is 9.84 Å². The molecule has 0 unspecified atom stereocenters. The quantitative estimate of drug-likeness (QED) is 0.764. The van der Waals surface area contributed by atoms with Crippen LogP contribution in [-0.2, 0) is 9.84 Å². The van der Waals surface area contributed by atoms with Gasteiger partial charge in [-0.15, -0.1) is 0 Å². The Morgan fingerprint density at radius 1 is 0.962 bits per heavy atom. The Morgan fingerprint density at radius 3 is 2.35 bits per heavy atom. The highest BCUT2D eigenvalue weighted by Crippen LogP contribution is 2.29. The van der Waals surface area contributed by atoms with E-state index in [1.807, 2.05) is 36.1 Å². The second-order valence-electron chi connectivity index (χ2n) is 6.40. The van der Waals surface area contributed by atoms with Gasteiger partial charge in [-0.25, -0.2) is 18.4 Å². The minimum Gasteiger partial charge on any atom is -0.352 e. The van der Waals surface area contributed by atoms with Crippen molar-refractivity contribution in [2.45, 2.75) is 16.8 Å². The summed E-state index contributed by atoms with van der Waals surface area (Å²) >= 11 is 0. The molecule has 1 saturated heterocycles. The van der Waals surface area contributed by atoms with Gasteiger partial charge in [0, 0.05) is 26.2 Å². The molecule has 0 aliphatic carbocycles. The molecule has 26 heavy (non-hydrogen) atoms. The van der Waals surface area contributed by atoms with Gasteiger partial charge in [-0.3, -0.25) is 0 Å². The third-order valence-corrected chi connectivity index (χ3v) is 6.15. The molecular weight excluding hydrogens is 348 g/mol. The van der Waals surface area contributed by atoms with Crippen LogP contribution in [0.3, 0.4) is 0 Å². The van der Waals surface area contributed by atoms with Crippen LogP contribution in [-0.4, -0.2) is 44.6 Å². The van der Waals surface area contributed by atoms with E-state index in [2.05, 4.69) is 15.3 Å². The highest BCUT2D eigenvalue weighted by Gasteiger charge is 2.28. The van der Waals surface area contributed by atoms with Gasteiger partial charge in [0.15, 0.2) is 5.82 Å². The van der Waals surface area contributed by atoms with Gasteiger partial charge in [0.25, 0.3) is 0 Å². The predicted molar refractivity (Wildman–Crippen MR) is 101 cm³/mol. The summed E-state index contributed by atoms with van der Waals surface area (Å²) in [6, 6.07) is 14.3. The number of para-hydroxylation sites is 2. The first-order valence-electron chi connectivity index (χ1n) is 8.60. The molecule has 0 bridgehead atoms. The lowest BCUT2D eigenvalue weighted by atomic mass is 10.2. The Balaban J connectivity index is 1.94. The van der Waals surface area contributed by atoms with E-state index in [0.29, 0.717) is 29.9 Å². The zero-order chi connectivity index (χ0) is 18.1. The average molecular weight is 368 g/mol. The second kappa shape index (κ2) is 6.66. The molecule has 1 aromatic heterocycles. The molecule has 1 aliphatic heterocycles.